The Labute approximate surface area is 125 Å². The maximum absolute atomic E-state index is 12.2. The van der Waals surface area contributed by atoms with Crippen LogP contribution in [0, 0.1) is 5.92 Å². The molecule has 5 heteroatoms. The van der Waals surface area contributed by atoms with Crippen LogP contribution in [-0.4, -0.2) is 28.8 Å². The van der Waals surface area contributed by atoms with Crippen LogP contribution in [0.3, 0.4) is 0 Å². The van der Waals surface area contributed by atoms with Gasteiger partial charge in [-0.1, -0.05) is 30.3 Å². The van der Waals surface area contributed by atoms with E-state index in [4.69, 9.17) is 5.73 Å². The molecule has 0 aliphatic carbocycles. The van der Waals surface area contributed by atoms with Gasteiger partial charge >= 0.3 is 0 Å². The average Bonchev–Trinajstić information content (AvgIpc) is 2.91. The van der Waals surface area contributed by atoms with E-state index in [2.05, 4.69) is 10.4 Å². The molecule has 2 aromatic rings. The van der Waals surface area contributed by atoms with Crippen molar-refractivity contribution in [2.75, 3.05) is 13.1 Å². The lowest BCUT2D eigenvalue weighted by molar-refractivity contribution is -0.124. The molecule has 1 aromatic heterocycles. The molecule has 1 unspecified atom stereocenters. The molecule has 1 aromatic carbocycles. The highest BCUT2D eigenvalue weighted by molar-refractivity contribution is 5.79. The Kier molecular flexibility index (Phi) is 5.51. The molecule has 112 valence electrons. The number of benzene rings is 1. The lowest BCUT2D eigenvalue weighted by atomic mass is 9.98. The van der Waals surface area contributed by atoms with Crippen LogP contribution in [0.2, 0.25) is 0 Å². The smallest absolute Gasteiger partial charge is 0.224 e. The number of aryl methyl sites for hydroxylation is 1. The second-order valence-corrected chi connectivity index (χ2v) is 5.11. The zero-order valence-corrected chi connectivity index (χ0v) is 12.3. The maximum Gasteiger partial charge on any atom is 0.224 e. The van der Waals surface area contributed by atoms with E-state index in [0.717, 1.165) is 17.7 Å². The van der Waals surface area contributed by atoms with E-state index >= 15 is 0 Å². The number of aromatic nitrogens is 2. The lowest BCUT2D eigenvalue weighted by Gasteiger charge is -2.15. The summed E-state index contributed by atoms with van der Waals surface area (Å²) in [5.41, 5.74) is 7.97. The first-order chi connectivity index (χ1) is 10.2. The first-order valence-corrected chi connectivity index (χ1v) is 7.19. The number of carbonyl (C=O) groups is 1. The molecule has 0 aliphatic rings. The Bertz CT molecular complexity index is 565. The normalized spacial score (nSPS) is 12.1. The van der Waals surface area contributed by atoms with Crippen LogP contribution in [0.5, 0.6) is 0 Å². The first-order valence-electron chi connectivity index (χ1n) is 7.19. The number of nitrogens with two attached hydrogens (primary N) is 1. The summed E-state index contributed by atoms with van der Waals surface area (Å²) >= 11 is 0. The summed E-state index contributed by atoms with van der Waals surface area (Å²) in [5, 5.41) is 7.06. The molecule has 0 spiro atoms. The number of nitrogens with zero attached hydrogens (tertiary/aromatic N) is 2. The van der Waals surface area contributed by atoms with Gasteiger partial charge in [0.1, 0.15) is 0 Å². The van der Waals surface area contributed by atoms with E-state index in [1.54, 1.807) is 6.20 Å². The second kappa shape index (κ2) is 7.59. The van der Waals surface area contributed by atoms with Gasteiger partial charge in [-0.3, -0.25) is 9.48 Å². The van der Waals surface area contributed by atoms with Gasteiger partial charge in [-0.2, -0.15) is 5.10 Å². The van der Waals surface area contributed by atoms with E-state index in [9.17, 15) is 4.79 Å². The number of carbonyl (C=O) groups excluding carboxylic acids is 1. The van der Waals surface area contributed by atoms with Crippen LogP contribution in [0.15, 0.2) is 42.6 Å². The van der Waals surface area contributed by atoms with Crippen LogP contribution < -0.4 is 11.1 Å². The summed E-state index contributed by atoms with van der Waals surface area (Å²) in [5.74, 6) is -0.164. The topological polar surface area (TPSA) is 72.9 Å². The maximum atomic E-state index is 12.2. The van der Waals surface area contributed by atoms with Crippen molar-refractivity contribution in [3.05, 3.63) is 53.9 Å². The van der Waals surface area contributed by atoms with Crippen molar-refractivity contribution >= 4 is 5.91 Å². The average molecular weight is 286 g/mol. The Hall–Kier alpha value is -2.14. The molecular formula is C16H22N4O. The van der Waals surface area contributed by atoms with E-state index in [0.29, 0.717) is 19.5 Å². The fraction of sp³-hybridized carbons (Fsp3) is 0.375. The van der Waals surface area contributed by atoms with Crippen molar-refractivity contribution in [3.8, 4) is 0 Å². The van der Waals surface area contributed by atoms with E-state index in [1.165, 1.54) is 0 Å². The minimum Gasteiger partial charge on any atom is -0.355 e. The van der Waals surface area contributed by atoms with Gasteiger partial charge in [0, 0.05) is 38.4 Å². The number of hydrogen-bond acceptors (Lipinski definition) is 3. The highest BCUT2D eigenvalue weighted by atomic mass is 16.1. The van der Waals surface area contributed by atoms with Gasteiger partial charge in [-0.25, -0.2) is 0 Å². The van der Waals surface area contributed by atoms with Gasteiger partial charge in [0.2, 0.25) is 5.91 Å². The predicted molar refractivity (Wildman–Crippen MR) is 82.6 cm³/mol. The van der Waals surface area contributed by atoms with Gasteiger partial charge in [0.15, 0.2) is 0 Å². The van der Waals surface area contributed by atoms with Crippen LogP contribution >= 0.6 is 0 Å². The van der Waals surface area contributed by atoms with E-state index in [1.807, 2.05) is 48.1 Å². The van der Waals surface area contributed by atoms with Gasteiger partial charge < -0.3 is 11.1 Å². The van der Waals surface area contributed by atoms with Crippen LogP contribution in [0.4, 0.5) is 0 Å². The van der Waals surface area contributed by atoms with Crippen molar-refractivity contribution < 1.29 is 4.79 Å². The summed E-state index contributed by atoms with van der Waals surface area (Å²) in [7, 11) is 1.90. The molecule has 21 heavy (non-hydrogen) atoms. The summed E-state index contributed by atoms with van der Waals surface area (Å²) in [6, 6.07) is 11.9. The number of hydrogen-bond donors (Lipinski definition) is 2. The zero-order chi connectivity index (χ0) is 15.1. The minimum absolute atomic E-state index is 0.0171. The Morgan fingerprint density at radius 3 is 2.71 bits per heavy atom. The SMILES string of the molecule is Cn1nccc1CCNC(=O)C(CN)Cc1ccccc1. The number of nitrogens with one attached hydrogen (secondary N) is 1. The number of amides is 1. The largest absolute Gasteiger partial charge is 0.355 e. The molecule has 3 N–H and O–H groups in total. The second-order valence-electron chi connectivity index (χ2n) is 5.11. The highest BCUT2D eigenvalue weighted by Crippen LogP contribution is 2.08. The van der Waals surface area contributed by atoms with Gasteiger partial charge in [-0.05, 0) is 18.1 Å². The molecule has 0 saturated carbocycles. The van der Waals surface area contributed by atoms with Crippen molar-refractivity contribution in [1.29, 1.82) is 0 Å². The van der Waals surface area contributed by atoms with Crippen molar-refractivity contribution in [2.24, 2.45) is 18.7 Å². The Morgan fingerprint density at radius 1 is 1.33 bits per heavy atom. The molecule has 2 rings (SSSR count). The number of rotatable bonds is 7. The van der Waals surface area contributed by atoms with Crippen LogP contribution in [-0.2, 0) is 24.7 Å². The van der Waals surface area contributed by atoms with Crippen LogP contribution in [0.1, 0.15) is 11.3 Å². The summed E-state index contributed by atoms with van der Waals surface area (Å²) in [6.45, 7) is 0.954. The van der Waals surface area contributed by atoms with E-state index in [-0.39, 0.29) is 11.8 Å². The standard InChI is InChI=1S/C16H22N4O/c1-20-15(8-10-19-20)7-9-18-16(21)14(12-17)11-13-5-3-2-4-6-13/h2-6,8,10,14H,7,9,11-12,17H2,1H3,(H,18,21). The minimum atomic E-state index is -0.182. The molecule has 5 nitrogen and oxygen atoms in total. The predicted octanol–water partition coefficient (Wildman–Crippen LogP) is 0.896. The molecule has 0 fully saturated rings. The fourth-order valence-corrected chi connectivity index (χ4v) is 2.29. The zero-order valence-electron chi connectivity index (χ0n) is 12.3. The monoisotopic (exact) mass is 286 g/mol. The molecule has 1 amide bonds. The third-order valence-corrected chi connectivity index (χ3v) is 3.58. The Balaban J connectivity index is 1.81. The third kappa shape index (κ3) is 4.43. The molecule has 0 aliphatic heterocycles. The molecule has 1 atom stereocenters. The molecule has 0 saturated heterocycles. The molecule has 0 radical (unpaired) electrons. The molecule has 1 heterocycles. The molecular weight excluding hydrogens is 264 g/mol. The quantitative estimate of drug-likeness (QED) is 0.794. The molecule has 0 bridgehead atoms. The van der Waals surface area contributed by atoms with Crippen LogP contribution in [0.25, 0.3) is 0 Å². The third-order valence-electron chi connectivity index (χ3n) is 3.58. The van der Waals surface area contributed by atoms with Crippen molar-refractivity contribution in [2.45, 2.75) is 12.8 Å². The summed E-state index contributed by atoms with van der Waals surface area (Å²) < 4.78 is 1.82. The Morgan fingerprint density at radius 2 is 2.10 bits per heavy atom. The summed E-state index contributed by atoms with van der Waals surface area (Å²) in [6.07, 6.45) is 3.20. The van der Waals surface area contributed by atoms with Crippen molar-refractivity contribution in [3.63, 3.8) is 0 Å². The first kappa shape index (κ1) is 15.3. The fourth-order valence-electron chi connectivity index (χ4n) is 2.29. The summed E-state index contributed by atoms with van der Waals surface area (Å²) in [4.78, 5) is 12.2. The van der Waals surface area contributed by atoms with E-state index < -0.39 is 0 Å². The van der Waals surface area contributed by atoms with Gasteiger partial charge in [0.25, 0.3) is 0 Å². The van der Waals surface area contributed by atoms with Gasteiger partial charge in [-0.15, -0.1) is 0 Å². The lowest BCUT2D eigenvalue weighted by Crippen LogP contribution is -2.37. The highest BCUT2D eigenvalue weighted by Gasteiger charge is 2.16. The van der Waals surface area contributed by atoms with Crippen molar-refractivity contribution in [1.82, 2.24) is 15.1 Å². The van der Waals surface area contributed by atoms with Gasteiger partial charge in [0.05, 0.1) is 5.92 Å².